The number of aliphatic carboxylic acids is 1. The van der Waals surface area contributed by atoms with E-state index in [9.17, 15) is 24.6 Å². The first kappa shape index (κ1) is 18.5. The maximum absolute atomic E-state index is 12.8. The van der Waals surface area contributed by atoms with Gasteiger partial charge in [0.2, 0.25) is 5.91 Å². The number of hydrogen-bond acceptors (Lipinski definition) is 5. The third-order valence-corrected chi connectivity index (χ3v) is 4.36. The number of nitrogens with zero attached hydrogens (tertiary/aromatic N) is 1. The number of fused-ring (bicyclic) bond motifs is 1. The molecule has 0 aromatic rings. The normalized spacial score (nSPS) is 31.0. The van der Waals surface area contributed by atoms with E-state index in [1.807, 2.05) is 0 Å². The number of carbonyl (C=O) groups excluding carboxylic acids is 2. The first-order valence-corrected chi connectivity index (χ1v) is 8.31. The summed E-state index contributed by atoms with van der Waals surface area (Å²) in [6, 6.07) is -2.11. The highest BCUT2D eigenvalue weighted by Crippen LogP contribution is 2.31. The molecule has 2 heterocycles. The van der Waals surface area contributed by atoms with Crippen molar-refractivity contribution in [3.05, 3.63) is 0 Å². The molecule has 2 rings (SSSR count). The highest BCUT2D eigenvalue weighted by molar-refractivity contribution is 5.90. The van der Waals surface area contributed by atoms with Crippen molar-refractivity contribution in [3.63, 3.8) is 0 Å². The van der Waals surface area contributed by atoms with Crippen LogP contribution in [0.2, 0.25) is 0 Å². The number of ether oxygens (including phenoxy) is 1. The van der Waals surface area contributed by atoms with Crippen LogP contribution in [-0.4, -0.2) is 62.9 Å². The van der Waals surface area contributed by atoms with Gasteiger partial charge in [-0.2, -0.15) is 0 Å². The molecule has 0 radical (unpaired) electrons. The molecule has 4 atom stereocenters. The molecule has 8 heteroatoms. The molecule has 2 amide bonds. The number of aliphatic hydroxyl groups excluding tert-OH is 1. The van der Waals surface area contributed by atoms with E-state index in [1.54, 1.807) is 20.8 Å². The van der Waals surface area contributed by atoms with E-state index in [4.69, 9.17) is 4.74 Å². The van der Waals surface area contributed by atoms with Crippen LogP contribution < -0.4 is 5.32 Å². The van der Waals surface area contributed by atoms with Crippen LogP contribution in [0.3, 0.4) is 0 Å². The summed E-state index contributed by atoms with van der Waals surface area (Å²) < 4.78 is 5.17. The van der Waals surface area contributed by atoms with Gasteiger partial charge in [0.15, 0.2) is 0 Å². The largest absolute Gasteiger partial charge is 0.480 e. The second-order valence-corrected chi connectivity index (χ2v) is 7.50. The molecule has 0 aliphatic carbocycles. The highest BCUT2D eigenvalue weighted by Gasteiger charge is 2.45. The summed E-state index contributed by atoms with van der Waals surface area (Å²) in [5.41, 5.74) is -0.700. The number of hydrogen-bond donors (Lipinski definition) is 3. The molecule has 8 nitrogen and oxygen atoms in total. The van der Waals surface area contributed by atoms with Crippen molar-refractivity contribution in [2.75, 3.05) is 0 Å². The number of carboxylic acid groups (broad SMARTS) is 1. The topological polar surface area (TPSA) is 116 Å². The van der Waals surface area contributed by atoms with Crippen molar-refractivity contribution < 1.29 is 29.3 Å². The molecular weight excluding hydrogens is 316 g/mol. The molecule has 0 spiro atoms. The first-order chi connectivity index (χ1) is 11.1. The number of aliphatic hydroxyl groups is 1. The van der Waals surface area contributed by atoms with Crippen LogP contribution in [0.15, 0.2) is 0 Å². The fourth-order valence-corrected chi connectivity index (χ4v) is 3.37. The zero-order chi connectivity index (χ0) is 18.1. The Morgan fingerprint density at radius 1 is 1.21 bits per heavy atom. The van der Waals surface area contributed by atoms with Crippen molar-refractivity contribution in [1.29, 1.82) is 0 Å². The summed E-state index contributed by atoms with van der Waals surface area (Å²) in [6.45, 7) is 5.15. The van der Waals surface area contributed by atoms with Gasteiger partial charge < -0.3 is 25.2 Å². The number of nitrogens with one attached hydrogen (secondary N) is 1. The second-order valence-electron chi connectivity index (χ2n) is 7.50. The standard InChI is InChI=1S/C16H26N2O6/c1-16(2,3)24-15(23)17-11-6-5-10(19)8-9-4-7-12(14(21)22)18(9)13(11)20/h9-12,19H,4-8H2,1-3H3,(H,17,23)(H,21,22)/t9-,10?,11+,12+/m1/s1. The molecule has 2 saturated heterocycles. The van der Waals surface area contributed by atoms with Crippen LogP contribution in [0.4, 0.5) is 4.79 Å². The molecule has 0 saturated carbocycles. The predicted octanol–water partition coefficient (Wildman–Crippen LogP) is 0.869. The van der Waals surface area contributed by atoms with Gasteiger partial charge in [-0.05, 0) is 52.9 Å². The van der Waals surface area contributed by atoms with Gasteiger partial charge in [0.05, 0.1) is 6.10 Å². The molecule has 2 aliphatic heterocycles. The zero-order valence-electron chi connectivity index (χ0n) is 14.3. The minimum absolute atomic E-state index is 0.245. The third kappa shape index (κ3) is 4.37. The molecule has 2 aliphatic rings. The fraction of sp³-hybridized carbons (Fsp3) is 0.812. The van der Waals surface area contributed by atoms with E-state index in [2.05, 4.69) is 5.32 Å². The van der Waals surface area contributed by atoms with Crippen LogP contribution in [0.1, 0.15) is 52.9 Å². The number of rotatable bonds is 2. The van der Waals surface area contributed by atoms with E-state index in [0.717, 1.165) is 0 Å². The molecular formula is C16H26N2O6. The van der Waals surface area contributed by atoms with Crippen LogP contribution >= 0.6 is 0 Å². The van der Waals surface area contributed by atoms with Crippen LogP contribution in [0.25, 0.3) is 0 Å². The lowest BCUT2D eigenvalue weighted by Crippen LogP contribution is -2.56. The van der Waals surface area contributed by atoms with E-state index in [-0.39, 0.29) is 12.5 Å². The van der Waals surface area contributed by atoms with E-state index in [0.29, 0.717) is 25.7 Å². The summed E-state index contributed by atoms with van der Waals surface area (Å²) in [5.74, 6) is -1.47. The third-order valence-electron chi connectivity index (χ3n) is 4.36. The molecule has 0 aromatic carbocycles. The van der Waals surface area contributed by atoms with Gasteiger partial charge in [0, 0.05) is 6.04 Å². The Balaban J connectivity index is 2.16. The molecule has 0 aromatic heterocycles. The minimum Gasteiger partial charge on any atom is -0.480 e. The second kappa shape index (κ2) is 6.96. The number of carboxylic acids is 1. The average molecular weight is 342 g/mol. The lowest BCUT2D eigenvalue weighted by atomic mass is 9.97. The van der Waals surface area contributed by atoms with Gasteiger partial charge in [0.1, 0.15) is 17.7 Å². The van der Waals surface area contributed by atoms with Crippen molar-refractivity contribution in [1.82, 2.24) is 10.2 Å². The smallest absolute Gasteiger partial charge is 0.408 e. The number of carbonyl (C=O) groups is 3. The average Bonchev–Trinajstić information content (AvgIpc) is 2.82. The van der Waals surface area contributed by atoms with Gasteiger partial charge in [-0.1, -0.05) is 0 Å². The Hall–Kier alpha value is -1.83. The summed E-state index contributed by atoms with van der Waals surface area (Å²) in [6.07, 6.45) is 0.536. The minimum atomic E-state index is -1.06. The maximum atomic E-state index is 12.8. The molecule has 2 fully saturated rings. The van der Waals surface area contributed by atoms with Gasteiger partial charge >= 0.3 is 12.1 Å². The predicted molar refractivity (Wildman–Crippen MR) is 84.3 cm³/mol. The molecule has 0 bridgehead atoms. The Kier molecular flexibility index (Phi) is 5.37. The molecule has 24 heavy (non-hydrogen) atoms. The Labute approximate surface area is 141 Å². The number of alkyl carbamates (subject to hydrolysis) is 1. The Bertz CT molecular complexity index is 515. The van der Waals surface area contributed by atoms with E-state index >= 15 is 0 Å². The van der Waals surface area contributed by atoms with Crippen molar-refractivity contribution in [2.45, 2.75) is 82.7 Å². The maximum Gasteiger partial charge on any atom is 0.408 e. The van der Waals surface area contributed by atoms with Gasteiger partial charge in [-0.3, -0.25) is 4.79 Å². The summed E-state index contributed by atoms with van der Waals surface area (Å²) in [7, 11) is 0. The van der Waals surface area contributed by atoms with Crippen LogP contribution in [-0.2, 0) is 14.3 Å². The monoisotopic (exact) mass is 342 g/mol. The van der Waals surface area contributed by atoms with E-state index < -0.39 is 41.8 Å². The quantitative estimate of drug-likeness (QED) is 0.686. The summed E-state index contributed by atoms with van der Waals surface area (Å²) in [4.78, 5) is 37.5. The van der Waals surface area contributed by atoms with Crippen molar-refractivity contribution in [2.24, 2.45) is 0 Å². The first-order valence-electron chi connectivity index (χ1n) is 8.31. The molecule has 1 unspecified atom stereocenters. The van der Waals surface area contributed by atoms with Gasteiger partial charge in [-0.25, -0.2) is 9.59 Å². The summed E-state index contributed by atoms with van der Waals surface area (Å²) >= 11 is 0. The molecule has 136 valence electrons. The van der Waals surface area contributed by atoms with Crippen LogP contribution in [0.5, 0.6) is 0 Å². The fourth-order valence-electron chi connectivity index (χ4n) is 3.37. The highest BCUT2D eigenvalue weighted by atomic mass is 16.6. The molecule has 3 N–H and O–H groups in total. The zero-order valence-corrected chi connectivity index (χ0v) is 14.3. The summed E-state index contributed by atoms with van der Waals surface area (Å²) in [5, 5.41) is 22.0. The lowest BCUT2D eigenvalue weighted by molar-refractivity contribution is -0.151. The van der Waals surface area contributed by atoms with Gasteiger partial charge in [0.25, 0.3) is 0 Å². The number of amides is 2. The van der Waals surface area contributed by atoms with Crippen LogP contribution in [0, 0.1) is 0 Å². The Morgan fingerprint density at radius 3 is 2.46 bits per heavy atom. The lowest BCUT2D eigenvalue weighted by Gasteiger charge is -2.35. The van der Waals surface area contributed by atoms with Gasteiger partial charge in [-0.15, -0.1) is 0 Å². The van der Waals surface area contributed by atoms with Crippen molar-refractivity contribution >= 4 is 18.0 Å². The van der Waals surface area contributed by atoms with Crippen molar-refractivity contribution in [3.8, 4) is 0 Å². The van der Waals surface area contributed by atoms with E-state index in [1.165, 1.54) is 4.90 Å². The SMILES string of the molecule is CC(C)(C)OC(=O)N[C@H]1CCC(O)C[C@H]2CC[C@@H](C(=O)O)N2C1=O. The Morgan fingerprint density at radius 2 is 1.88 bits per heavy atom.